The number of nitrogens with zero attached hydrogens (tertiary/aromatic N) is 1. The van der Waals surface area contributed by atoms with Crippen LogP contribution in [-0.4, -0.2) is 16.5 Å². The van der Waals surface area contributed by atoms with E-state index in [9.17, 15) is 14.0 Å². The fraction of sp³-hybridized carbons (Fsp3) is 0.125. The summed E-state index contributed by atoms with van der Waals surface area (Å²) in [5.74, 6) is -0.684. The maximum Gasteiger partial charge on any atom is 0.295 e. The van der Waals surface area contributed by atoms with Gasteiger partial charge in [-0.25, -0.2) is 9.29 Å². The Kier molecular flexibility index (Phi) is 3.85. The molecule has 4 nitrogen and oxygen atoms in total. The fourth-order valence-corrected chi connectivity index (χ4v) is 3.03. The fourth-order valence-electron chi connectivity index (χ4n) is 2.13. The molecule has 2 aromatic rings. The lowest BCUT2D eigenvalue weighted by molar-refractivity contribution is -0.116. The van der Waals surface area contributed by atoms with Crippen LogP contribution in [0.15, 0.2) is 48.5 Å². The number of amides is 2. The topological polar surface area (TPSA) is 49.4 Å². The van der Waals surface area contributed by atoms with E-state index in [0.717, 1.165) is 22.2 Å². The van der Waals surface area contributed by atoms with Gasteiger partial charge in [-0.05, 0) is 55.1 Å². The highest BCUT2D eigenvalue weighted by molar-refractivity contribution is 8.16. The van der Waals surface area contributed by atoms with Crippen molar-refractivity contribution < 1.29 is 14.0 Å². The second-order valence-corrected chi connectivity index (χ2v) is 5.98. The molecular weight excluding hydrogens is 303 g/mol. The summed E-state index contributed by atoms with van der Waals surface area (Å²) >= 11 is 0.912. The molecule has 1 saturated heterocycles. The van der Waals surface area contributed by atoms with E-state index in [2.05, 4.69) is 5.32 Å². The molecule has 1 N–H and O–H groups in total. The van der Waals surface area contributed by atoms with Crippen LogP contribution < -0.4 is 10.2 Å². The van der Waals surface area contributed by atoms with Gasteiger partial charge in [-0.2, -0.15) is 0 Å². The van der Waals surface area contributed by atoms with Crippen LogP contribution in [0.1, 0.15) is 5.56 Å². The van der Waals surface area contributed by atoms with E-state index in [1.165, 1.54) is 24.3 Å². The Bertz CT molecular complexity index is 716. The number of nitrogens with one attached hydrogen (secondary N) is 1. The molecule has 3 rings (SSSR count). The summed E-state index contributed by atoms with van der Waals surface area (Å²) in [5.41, 5.74) is 2.19. The lowest BCUT2D eigenvalue weighted by atomic mass is 10.2. The molecule has 2 aromatic carbocycles. The molecule has 1 atom stereocenters. The lowest BCUT2D eigenvalue weighted by Gasteiger charge is -2.15. The summed E-state index contributed by atoms with van der Waals surface area (Å²) in [6.07, 6.45) is 0. The number of rotatable bonds is 3. The number of hydrogen-bond donors (Lipinski definition) is 1. The van der Waals surface area contributed by atoms with E-state index in [1.54, 1.807) is 12.1 Å². The number of benzene rings is 2. The standard InChI is InChI=1S/C16H13FN2O2S/c1-10-2-8-13(9-3-10)19-15(20)14(22-16(19)21)18-12-6-4-11(17)5-7-12/h2-9,14,18H,1H3/t14-/m1/s1. The lowest BCUT2D eigenvalue weighted by Crippen LogP contribution is -2.34. The van der Waals surface area contributed by atoms with E-state index in [4.69, 9.17) is 0 Å². The quantitative estimate of drug-likeness (QED) is 0.936. The highest BCUT2D eigenvalue weighted by Crippen LogP contribution is 2.32. The van der Waals surface area contributed by atoms with Gasteiger partial charge in [0, 0.05) is 5.69 Å². The number of hydrogen-bond acceptors (Lipinski definition) is 4. The molecule has 112 valence electrons. The van der Waals surface area contributed by atoms with Crippen molar-refractivity contribution in [3.05, 3.63) is 59.9 Å². The van der Waals surface area contributed by atoms with Crippen molar-refractivity contribution >= 4 is 34.3 Å². The van der Waals surface area contributed by atoms with Crippen LogP contribution in [0.3, 0.4) is 0 Å². The molecule has 1 aliphatic rings. The number of anilines is 2. The number of imide groups is 1. The van der Waals surface area contributed by atoms with Crippen LogP contribution >= 0.6 is 11.8 Å². The normalized spacial score (nSPS) is 17.9. The van der Waals surface area contributed by atoms with Gasteiger partial charge in [-0.15, -0.1) is 0 Å². The summed E-state index contributed by atoms with van der Waals surface area (Å²) in [6, 6.07) is 12.8. The van der Waals surface area contributed by atoms with Crippen molar-refractivity contribution in [1.82, 2.24) is 0 Å². The van der Waals surface area contributed by atoms with Crippen LogP contribution in [0.25, 0.3) is 0 Å². The van der Waals surface area contributed by atoms with Gasteiger partial charge in [0.25, 0.3) is 11.1 Å². The molecule has 0 unspecified atom stereocenters. The third-order valence-electron chi connectivity index (χ3n) is 3.28. The van der Waals surface area contributed by atoms with E-state index in [0.29, 0.717) is 11.4 Å². The molecule has 6 heteroatoms. The van der Waals surface area contributed by atoms with Crippen molar-refractivity contribution in [2.45, 2.75) is 12.3 Å². The maximum absolute atomic E-state index is 12.9. The zero-order chi connectivity index (χ0) is 15.7. The summed E-state index contributed by atoms with van der Waals surface area (Å²) in [6.45, 7) is 1.94. The Morgan fingerprint density at radius 2 is 1.68 bits per heavy atom. The van der Waals surface area contributed by atoms with Gasteiger partial charge in [0.05, 0.1) is 5.69 Å². The minimum atomic E-state index is -0.709. The molecule has 0 saturated carbocycles. The van der Waals surface area contributed by atoms with E-state index >= 15 is 0 Å². The van der Waals surface area contributed by atoms with Crippen molar-refractivity contribution in [2.24, 2.45) is 0 Å². The van der Waals surface area contributed by atoms with E-state index in [1.807, 2.05) is 19.1 Å². The van der Waals surface area contributed by atoms with Crippen LogP contribution in [0.4, 0.5) is 20.6 Å². The van der Waals surface area contributed by atoms with Gasteiger partial charge in [0.15, 0.2) is 5.37 Å². The first-order valence-corrected chi connectivity index (χ1v) is 7.56. The van der Waals surface area contributed by atoms with Gasteiger partial charge in [0.1, 0.15) is 5.82 Å². The molecule has 2 amide bonds. The monoisotopic (exact) mass is 316 g/mol. The highest BCUT2D eigenvalue weighted by atomic mass is 32.2. The molecule has 1 heterocycles. The Balaban J connectivity index is 1.79. The second kappa shape index (κ2) is 5.81. The number of aryl methyl sites for hydroxylation is 1. The molecule has 0 aliphatic carbocycles. The Morgan fingerprint density at radius 1 is 1.05 bits per heavy atom. The number of thioether (sulfide) groups is 1. The number of carbonyl (C=O) groups excluding carboxylic acids is 2. The van der Waals surface area contributed by atoms with Crippen molar-refractivity contribution in [2.75, 3.05) is 10.2 Å². The van der Waals surface area contributed by atoms with Gasteiger partial charge in [-0.1, -0.05) is 17.7 Å². The minimum Gasteiger partial charge on any atom is -0.365 e. The first kappa shape index (κ1) is 14.6. The summed E-state index contributed by atoms with van der Waals surface area (Å²) < 4.78 is 12.9. The third kappa shape index (κ3) is 2.82. The second-order valence-electron chi connectivity index (χ2n) is 4.92. The van der Waals surface area contributed by atoms with Crippen LogP contribution in [0.2, 0.25) is 0 Å². The Morgan fingerprint density at radius 3 is 2.32 bits per heavy atom. The summed E-state index contributed by atoms with van der Waals surface area (Å²) in [5, 5.41) is 1.91. The molecule has 0 radical (unpaired) electrons. The largest absolute Gasteiger partial charge is 0.365 e. The molecule has 22 heavy (non-hydrogen) atoms. The Hall–Kier alpha value is -2.34. The summed E-state index contributed by atoms with van der Waals surface area (Å²) in [7, 11) is 0. The van der Waals surface area contributed by atoms with Gasteiger partial charge in [0.2, 0.25) is 0 Å². The first-order chi connectivity index (χ1) is 10.5. The maximum atomic E-state index is 12.9. The number of carbonyl (C=O) groups is 2. The highest BCUT2D eigenvalue weighted by Gasteiger charge is 2.40. The van der Waals surface area contributed by atoms with Gasteiger partial charge < -0.3 is 5.32 Å². The molecule has 0 aromatic heterocycles. The smallest absolute Gasteiger partial charge is 0.295 e. The van der Waals surface area contributed by atoms with Gasteiger partial charge in [-0.3, -0.25) is 9.59 Å². The molecule has 0 spiro atoms. The molecule has 1 aliphatic heterocycles. The van der Waals surface area contributed by atoms with Crippen LogP contribution in [0, 0.1) is 12.7 Å². The average molecular weight is 316 g/mol. The molecule has 0 bridgehead atoms. The third-order valence-corrected chi connectivity index (χ3v) is 4.22. The van der Waals surface area contributed by atoms with E-state index in [-0.39, 0.29) is 17.0 Å². The van der Waals surface area contributed by atoms with Crippen molar-refractivity contribution in [3.63, 3.8) is 0 Å². The average Bonchev–Trinajstić information content (AvgIpc) is 2.77. The van der Waals surface area contributed by atoms with Crippen LogP contribution in [-0.2, 0) is 4.79 Å². The zero-order valence-corrected chi connectivity index (χ0v) is 12.6. The Labute approximate surface area is 131 Å². The SMILES string of the molecule is Cc1ccc(N2C(=O)S[C@@H](Nc3ccc(F)cc3)C2=O)cc1. The van der Waals surface area contributed by atoms with Crippen molar-refractivity contribution in [1.29, 1.82) is 0 Å². The minimum absolute atomic E-state index is 0.325. The first-order valence-electron chi connectivity index (χ1n) is 6.68. The zero-order valence-electron chi connectivity index (χ0n) is 11.7. The summed E-state index contributed by atoms with van der Waals surface area (Å²) in [4.78, 5) is 25.7. The van der Waals surface area contributed by atoms with Crippen molar-refractivity contribution in [3.8, 4) is 0 Å². The predicted molar refractivity (Wildman–Crippen MR) is 85.5 cm³/mol. The van der Waals surface area contributed by atoms with E-state index < -0.39 is 5.37 Å². The van der Waals surface area contributed by atoms with Gasteiger partial charge >= 0.3 is 0 Å². The van der Waals surface area contributed by atoms with Crippen LogP contribution in [0.5, 0.6) is 0 Å². The molecular formula is C16H13FN2O2S. The predicted octanol–water partition coefficient (Wildman–Crippen LogP) is 3.77. The number of halogens is 1. The molecule has 1 fully saturated rings.